The van der Waals surface area contributed by atoms with Crippen molar-refractivity contribution in [1.29, 1.82) is 0 Å². The Balaban J connectivity index is 1.91. The van der Waals surface area contributed by atoms with Crippen molar-refractivity contribution in [3.8, 4) is 5.75 Å². The summed E-state index contributed by atoms with van der Waals surface area (Å²) >= 11 is 3.34. The van der Waals surface area contributed by atoms with Crippen molar-refractivity contribution >= 4 is 45.5 Å². The number of benzene rings is 2. The highest BCUT2D eigenvalue weighted by molar-refractivity contribution is 9.10. The Morgan fingerprint density at radius 3 is 1.93 bits per heavy atom. The van der Waals surface area contributed by atoms with E-state index in [-0.39, 0.29) is 30.9 Å². The lowest BCUT2D eigenvalue weighted by Gasteiger charge is -2.22. The highest BCUT2D eigenvalue weighted by Gasteiger charge is 2.27. The number of nitrogens with two attached hydrogens (primary N) is 1. The molecule has 4 amide bonds. The molecule has 0 aliphatic heterocycles. The fourth-order valence-electron chi connectivity index (χ4n) is 3.79. The van der Waals surface area contributed by atoms with Crippen LogP contribution in [0.2, 0.25) is 0 Å². The van der Waals surface area contributed by atoms with E-state index >= 15 is 0 Å². The maximum Gasteiger partial charge on any atom is 0.326 e. The first kappa shape index (κ1) is 33.2. The van der Waals surface area contributed by atoms with Crippen LogP contribution in [-0.2, 0) is 36.8 Å². The number of carbonyl (C=O) groups is 5. The minimum Gasteiger partial charge on any atom is -0.508 e. The molecule has 222 valence electrons. The number of amides is 4. The molecule has 3 atom stereocenters. The van der Waals surface area contributed by atoms with Crippen molar-refractivity contribution in [3.63, 3.8) is 0 Å². The maximum atomic E-state index is 13.0. The summed E-state index contributed by atoms with van der Waals surface area (Å²) in [5.74, 6) is -3.66. The molecule has 2 aromatic carbocycles. The Morgan fingerprint density at radius 1 is 0.780 bits per heavy atom. The van der Waals surface area contributed by atoms with Gasteiger partial charge in [0.05, 0.1) is 19.1 Å². The van der Waals surface area contributed by atoms with E-state index in [1.807, 2.05) is 13.8 Å². The summed E-state index contributed by atoms with van der Waals surface area (Å²) in [5, 5.41) is 28.7. The topological polar surface area (TPSA) is 200 Å². The summed E-state index contributed by atoms with van der Waals surface area (Å²) in [6.07, 6.45) is 0.486. The zero-order chi connectivity index (χ0) is 30.5. The maximum absolute atomic E-state index is 13.0. The van der Waals surface area contributed by atoms with Gasteiger partial charge in [0.1, 0.15) is 17.8 Å². The SMILES string of the molecule is CC(C)C[C@H](NC(=O)[C@H](Cc1ccc(Br)cc1)NC(=O)CNC(=O)CNC(=O)[C@@H](N)Cc1ccc(O)cc1)C(=O)O. The zero-order valence-electron chi connectivity index (χ0n) is 22.9. The Kier molecular flexibility index (Phi) is 13.2. The molecule has 0 saturated heterocycles. The molecule has 0 unspecified atom stereocenters. The van der Waals surface area contributed by atoms with Gasteiger partial charge in [-0.1, -0.05) is 54.0 Å². The number of rotatable bonds is 15. The average Bonchev–Trinajstić information content (AvgIpc) is 2.91. The van der Waals surface area contributed by atoms with Gasteiger partial charge >= 0.3 is 5.97 Å². The molecule has 0 aromatic heterocycles. The van der Waals surface area contributed by atoms with Crippen LogP contribution < -0.4 is 27.0 Å². The van der Waals surface area contributed by atoms with Crippen molar-refractivity contribution in [1.82, 2.24) is 21.3 Å². The van der Waals surface area contributed by atoms with Crippen LogP contribution >= 0.6 is 15.9 Å². The normalized spacial score (nSPS) is 13.0. The van der Waals surface area contributed by atoms with Gasteiger partial charge in [-0.25, -0.2) is 4.79 Å². The molecule has 0 heterocycles. The standard InChI is InChI=1S/C28H36BrN5O7/c1-16(2)11-23(28(40)41)34-27(39)22(13-18-3-7-19(29)8-4-18)33-25(37)15-31-24(36)14-32-26(38)21(30)12-17-5-9-20(35)10-6-17/h3-10,16,21-23,35H,11-15,30H2,1-2H3,(H,31,36)(H,32,38)(H,33,37)(H,34,39)(H,40,41)/t21-,22-,23-/m0/s1. The van der Waals surface area contributed by atoms with Gasteiger partial charge in [0.25, 0.3) is 0 Å². The molecule has 2 aromatic rings. The molecule has 13 heteroatoms. The van der Waals surface area contributed by atoms with Crippen molar-refractivity contribution in [3.05, 3.63) is 64.1 Å². The monoisotopic (exact) mass is 633 g/mol. The van der Waals surface area contributed by atoms with Crippen molar-refractivity contribution < 1.29 is 34.2 Å². The molecule has 0 radical (unpaired) electrons. The molecule has 2 rings (SSSR count). The first-order valence-corrected chi connectivity index (χ1v) is 13.8. The molecule has 12 nitrogen and oxygen atoms in total. The highest BCUT2D eigenvalue weighted by atomic mass is 79.9. The summed E-state index contributed by atoms with van der Waals surface area (Å²) in [4.78, 5) is 61.7. The minimum atomic E-state index is -1.18. The quantitative estimate of drug-likeness (QED) is 0.148. The second kappa shape index (κ2) is 16.3. The van der Waals surface area contributed by atoms with Crippen LogP contribution in [0.3, 0.4) is 0 Å². The summed E-state index contributed by atoms with van der Waals surface area (Å²) < 4.78 is 0.824. The largest absolute Gasteiger partial charge is 0.508 e. The van der Waals surface area contributed by atoms with Crippen LogP contribution in [-0.4, -0.2) is 71.0 Å². The Labute approximate surface area is 246 Å². The van der Waals surface area contributed by atoms with E-state index in [0.717, 1.165) is 15.6 Å². The molecule has 0 saturated carbocycles. The average molecular weight is 635 g/mol. The molecule has 0 bridgehead atoms. The number of nitrogens with one attached hydrogen (secondary N) is 4. The fraction of sp³-hybridized carbons (Fsp3) is 0.393. The molecule has 0 aliphatic rings. The van der Waals surface area contributed by atoms with E-state index < -0.39 is 60.8 Å². The number of phenols is 1. The van der Waals surface area contributed by atoms with Gasteiger partial charge in [-0.2, -0.15) is 0 Å². The van der Waals surface area contributed by atoms with E-state index in [4.69, 9.17) is 5.73 Å². The molecule has 8 N–H and O–H groups in total. The molecule has 0 spiro atoms. The lowest BCUT2D eigenvalue weighted by molar-refractivity contribution is -0.142. The number of halogens is 1. The van der Waals surface area contributed by atoms with Gasteiger partial charge in [-0.05, 0) is 54.2 Å². The van der Waals surface area contributed by atoms with Crippen LogP contribution in [0, 0.1) is 5.92 Å². The number of hydrogen-bond acceptors (Lipinski definition) is 7. The number of phenolic OH excluding ortho intramolecular Hbond substituents is 1. The second-order valence-corrected chi connectivity index (χ2v) is 10.9. The Bertz CT molecular complexity index is 1210. The number of hydrogen-bond donors (Lipinski definition) is 7. The number of aliphatic carboxylic acids is 1. The first-order valence-electron chi connectivity index (χ1n) is 13.0. The molecule has 0 aliphatic carbocycles. The van der Waals surface area contributed by atoms with Gasteiger partial charge < -0.3 is 37.2 Å². The number of carboxylic acid groups (broad SMARTS) is 1. The van der Waals surface area contributed by atoms with Crippen molar-refractivity contribution in [2.24, 2.45) is 11.7 Å². The van der Waals surface area contributed by atoms with Crippen molar-refractivity contribution in [2.75, 3.05) is 13.1 Å². The summed E-state index contributed by atoms with van der Waals surface area (Å²) in [5.41, 5.74) is 7.33. The van der Waals surface area contributed by atoms with Gasteiger partial charge in [0.15, 0.2) is 0 Å². The second-order valence-electron chi connectivity index (χ2n) is 9.95. The Morgan fingerprint density at radius 2 is 1.34 bits per heavy atom. The predicted molar refractivity (Wildman–Crippen MR) is 155 cm³/mol. The lowest BCUT2D eigenvalue weighted by Crippen LogP contribution is -2.54. The van der Waals surface area contributed by atoms with E-state index in [1.54, 1.807) is 36.4 Å². The molecular formula is C28H36BrN5O7. The fourth-order valence-corrected chi connectivity index (χ4v) is 4.06. The predicted octanol–water partition coefficient (Wildman–Crippen LogP) is 0.600. The number of carbonyl (C=O) groups excluding carboxylic acids is 4. The van der Waals surface area contributed by atoms with Gasteiger partial charge in [0, 0.05) is 10.9 Å². The van der Waals surface area contributed by atoms with Crippen LogP contribution in [0.1, 0.15) is 31.4 Å². The zero-order valence-corrected chi connectivity index (χ0v) is 24.4. The smallest absolute Gasteiger partial charge is 0.326 e. The molecule has 41 heavy (non-hydrogen) atoms. The summed E-state index contributed by atoms with van der Waals surface area (Å²) in [6.45, 7) is 2.76. The molecular weight excluding hydrogens is 598 g/mol. The number of carboxylic acids is 1. The van der Waals surface area contributed by atoms with E-state index in [0.29, 0.717) is 0 Å². The van der Waals surface area contributed by atoms with Crippen LogP contribution in [0.4, 0.5) is 0 Å². The van der Waals surface area contributed by atoms with Crippen LogP contribution in [0.5, 0.6) is 5.75 Å². The van der Waals surface area contributed by atoms with Crippen molar-refractivity contribution in [2.45, 2.75) is 51.2 Å². The Hall–Kier alpha value is -3.97. The third-order valence-electron chi connectivity index (χ3n) is 5.92. The third-order valence-corrected chi connectivity index (χ3v) is 6.45. The highest BCUT2D eigenvalue weighted by Crippen LogP contribution is 2.13. The first-order chi connectivity index (χ1) is 19.3. The van der Waals surface area contributed by atoms with Crippen LogP contribution in [0.25, 0.3) is 0 Å². The molecule has 0 fully saturated rings. The van der Waals surface area contributed by atoms with E-state index in [9.17, 15) is 34.2 Å². The van der Waals surface area contributed by atoms with Gasteiger partial charge in [-0.3, -0.25) is 19.2 Å². The number of aromatic hydroxyl groups is 1. The summed E-state index contributed by atoms with van der Waals surface area (Å²) in [6, 6.07) is 10.1. The van der Waals surface area contributed by atoms with Gasteiger partial charge in [0.2, 0.25) is 23.6 Å². The van der Waals surface area contributed by atoms with Gasteiger partial charge in [-0.15, -0.1) is 0 Å². The third kappa shape index (κ3) is 12.4. The lowest BCUT2D eigenvalue weighted by atomic mass is 10.0. The minimum absolute atomic E-state index is 0.00831. The van der Waals surface area contributed by atoms with Crippen LogP contribution in [0.15, 0.2) is 53.0 Å². The van der Waals surface area contributed by atoms with E-state index in [2.05, 4.69) is 37.2 Å². The summed E-state index contributed by atoms with van der Waals surface area (Å²) in [7, 11) is 0. The van der Waals surface area contributed by atoms with E-state index in [1.165, 1.54) is 12.1 Å².